The highest BCUT2D eigenvalue weighted by Gasteiger charge is 2.27. The lowest BCUT2D eigenvalue weighted by molar-refractivity contribution is 1.15. The van der Waals surface area contributed by atoms with E-state index in [0.29, 0.717) is 0 Å². The van der Waals surface area contributed by atoms with Crippen molar-refractivity contribution in [3.63, 3.8) is 0 Å². The van der Waals surface area contributed by atoms with Crippen LogP contribution in [0.25, 0.3) is 10.8 Å². The highest BCUT2D eigenvalue weighted by atomic mass is 15.0. The van der Waals surface area contributed by atoms with Crippen LogP contribution in [-0.2, 0) is 6.54 Å². The van der Waals surface area contributed by atoms with Gasteiger partial charge in [-0.3, -0.25) is 0 Å². The Bertz CT molecular complexity index is 1050. The molecule has 4 heteroatoms. The van der Waals surface area contributed by atoms with E-state index < -0.39 is 0 Å². The Kier molecular flexibility index (Phi) is 3.94. The van der Waals surface area contributed by atoms with Crippen molar-refractivity contribution in [2.45, 2.75) is 6.54 Å². The minimum atomic E-state index is 0.0185. The van der Waals surface area contributed by atoms with Gasteiger partial charge in [0, 0.05) is 29.0 Å². The molecule has 130 valence electrons. The van der Waals surface area contributed by atoms with Gasteiger partial charge in [0.15, 0.2) is 0 Å². The van der Waals surface area contributed by atoms with E-state index in [2.05, 4.69) is 101 Å². The van der Waals surface area contributed by atoms with Crippen LogP contribution in [0.3, 0.4) is 0 Å². The number of nitrogens with one attached hydrogen (secondary N) is 3. The van der Waals surface area contributed by atoms with Gasteiger partial charge in [0.2, 0.25) is 0 Å². The molecule has 0 aliphatic carbocycles. The average molecular weight is 349 g/mol. The number of benzene rings is 4. The van der Waals surface area contributed by atoms with Crippen LogP contribution in [0.15, 0.2) is 91.0 Å². The summed E-state index contributed by atoms with van der Waals surface area (Å²) in [5, 5.41) is 13.4. The Morgan fingerprint density at radius 2 is 1.33 bits per heavy atom. The van der Waals surface area contributed by atoms with E-state index in [1.165, 1.54) is 33.2 Å². The molecule has 3 N–H and O–H groups in total. The molecule has 0 spiro atoms. The van der Waals surface area contributed by atoms with Gasteiger partial charge in [0.1, 0.15) is 0 Å². The SMILES string of the molecule is c1ccc(CNc2ccccc2B2Nc3cccc4cccc(c34)N2)cc1. The molecule has 0 amide bonds. The van der Waals surface area contributed by atoms with E-state index in [0.717, 1.165) is 12.2 Å². The maximum absolute atomic E-state index is 3.67. The van der Waals surface area contributed by atoms with E-state index in [9.17, 15) is 0 Å². The quantitative estimate of drug-likeness (QED) is 0.468. The van der Waals surface area contributed by atoms with Gasteiger partial charge in [0.05, 0.1) is 0 Å². The fourth-order valence-electron chi connectivity index (χ4n) is 3.79. The summed E-state index contributed by atoms with van der Waals surface area (Å²) in [5.74, 6) is 0. The minimum absolute atomic E-state index is 0.0185. The smallest absolute Gasteiger partial charge is 0.405 e. The Hall–Kier alpha value is -3.40. The van der Waals surface area contributed by atoms with Gasteiger partial charge >= 0.3 is 6.98 Å². The van der Waals surface area contributed by atoms with Crippen LogP contribution in [0.1, 0.15) is 5.56 Å². The average Bonchev–Trinajstić information content (AvgIpc) is 2.73. The molecule has 1 aliphatic rings. The van der Waals surface area contributed by atoms with E-state index in [1.54, 1.807) is 0 Å². The summed E-state index contributed by atoms with van der Waals surface area (Å²) in [7, 11) is 0. The van der Waals surface area contributed by atoms with Crippen LogP contribution in [0.5, 0.6) is 0 Å². The van der Waals surface area contributed by atoms with Crippen LogP contribution in [0, 0.1) is 0 Å². The molecule has 0 radical (unpaired) electrons. The molecule has 1 heterocycles. The van der Waals surface area contributed by atoms with Gasteiger partial charge in [-0.05, 0) is 34.6 Å². The lowest BCUT2D eigenvalue weighted by atomic mass is 9.65. The fourth-order valence-corrected chi connectivity index (χ4v) is 3.79. The summed E-state index contributed by atoms with van der Waals surface area (Å²) in [6, 6.07) is 31.8. The van der Waals surface area contributed by atoms with Crippen molar-refractivity contribution in [3.8, 4) is 0 Å². The maximum Gasteiger partial charge on any atom is 0.408 e. The van der Waals surface area contributed by atoms with Crippen LogP contribution in [-0.4, -0.2) is 6.98 Å². The first kappa shape index (κ1) is 15.8. The van der Waals surface area contributed by atoms with E-state index in [-0.39, 0.29) is 6.98 Å². The fraction of sp³-hybridized carbons (Fsp3) is 0.0435. The molecular formula is C23H20BN3. The van der Waals surface area contributed by atoms with E-state index in [1.807, 2.05) is 6.07 Å². The number of anilines is 3. The molecule has 0 saturated heterocycles. The highest BCUT2D eigenvalue weighted by molar-refractivity contribution is 6.81. The first-order valence-corrected chi connectivity index (χ1v) is 9.30. The number of hydrogen-bond donors (Lipinski definition) is 3. The first-order valence-electron chi connectivity index (χ1n) is 9.30. The van der Waals surface area contributed by atoms with Crippen molar-refractivity contribution in [1.82, 2.24) is 0 Å². The normalized spacial score (nSPS) is 12.4. The van der Waals surface area contributed by atoms with Gasteiger partial charge in [-0.2, -0.15) is 0 Å². The molecule has 4 aromatic carbocycles. The Morgan fingerprint density at radius 3 is 2.07 bits per heavy atom. The van der Waals surface area contributed by atoms with Crippen molar-refractivity contribution >= 4 is 40.3 Å². The Labute approximate surface area is 159 Å². The minimum Gasteiger partial charge on any atom is -0.405 e. The molecule has 0 fully saturated rings. The van der Waals surface area contributed by atoms with Crippen LogP contribution in [0.4, 0.5) is 17.1 Å². The predicted octanol–water partition coefficient (Wildman–Crippen LogP) is 4.68. The lowest BCUT2D eigenvalue weighted by Crippen LogP contribution is -2.48. The van der Waals surface area contributed by atoms with Crippen LogP contribution < -0.4 is 21.2 Å². The zero-order valence-corrected chi connectivity index (χ0v) is 14.9. The molecule has 0 bridgehead atoms. The molecule has 1 aliphatic heterocycles. The number of rotatable bonds is 4. The zero-order chi connectivity index (χ0) is 18.1. The van der Waals surface area contributed by atoms with Gasteiger partial charge in [-0.15, -0.1) is 0 Å². The molecule has 0 aromatic heterocycles. The van der Waals surface area contributed by atoms with E-state index in [4.69, 9.17) is 0 Å². The third-order valence-electron chi connectivity index (χ3n) is 5.10. The molecular weight excluding hydrogens is 329 g/mol. The number of para-hydroxylation sites is 1. The third kappa shape index (κ3) is 3.00. The monoisotopic (exact) mass is 349 g/mol. The third-order valence-corrected chi connectivity index (χ3v) is 5.10. The molecule has 0 unspecified atom stereocenters. The van der Waals surface area contributed by atoms with Gasteiger partial charge in [-0.25, -0.2) is 0 Å². The summed E-state index contributed by atoms with van der Waals surface area (Å²) in [4.78, 5) is 0. The second kappa shape index (κ2) is 6.73. The van der Waals surface area contributed by atoms with E-state index >= 15 is 0 Å². The topological polar surface area (TPSA) is 36.1 Å². The van der Waals surface area contributed by atoms with Gasteiger partial charge in [0.25, 0.3) is 0 Å². The van der Waals surface area contributed by atoms with Crippen molar-refractivity contribution in [2.24, 2.45) is 0 Å². The number of hydrogen-bond acceptors (Lipinski definition) is 3. The Balaban J connectivity index is 1.46. The molecule has 0 atom stereocenters. The molecule has 4 aromatic rings. The molecule has 0 saturated carbocycles. The van der Waals surface area contributed by atoms with Crippen LogP contribution in [0.2, 0.25) is 0 Å². The first-order chi connectivity index (χ1) is 13.4. The largest absolute Gasteiger partial charge is 0.408 e. The predicted molar refractivity (Wildman–Crippen MR) is 117 cm³/mol. The van der Waals surface area contributed by atoms with Crippen LogP contribution >= 0.6 is 0 Å². The van der Waals surface area contributed by atoms with Gasteiger partial charge < -0.3 is 15.8 Å². The van der Waals surface area contributed by atoms with Gasteiger partial charge in [-0.1, -0.05) is 72.8 Å². The van der Waals surface area contributed by atoms with Crippen molar-refractivity contribution in [2.75, 3.05) is 15.8 Å². The molecule has 5 rings (SSSR count). The summed E-state index contributed by atoms with van der Waals surface area (Å²) >= 11 is 0. The highest BCUT2D eigenvalue weighted by Crippen LogP contribution is 2.34. The summed E-state index contributed by atoms with van der Waals surface area (Å²) in [6.45, 7) is 0.821. The van der Waals surface area contributed by atoms with Crippen molar-refractivity contribution in [3.05, 3.63) is 96.6 Å². The van der Waals surface area contributed by atoms with Crippen molar-refractivity contribution < 1.29 is 0 Å². The summed E-state index contributed by atoms with van der Waals surface area (Å²) < 4.78 is 0. The lowest BCUT2D eigenvalue weighted by Gasteiger charge is -2.28. The summed E-state index contributed by atoms with van der Waals surface area (Å²) in [6.07, 6.45) is 0. The maximum atomic E-state index is 3.67. The second-order valence-corrected chi connectivity index (χ2v) is 6.86. The molecule has 3 nitrogen and oxygen atoms in total. The molecule has 27 heavy (non-hydrogen) atoms. The zero-order valence-electron chi connectivity index (χ0n) is 14.9. The standard InChI is InChI=1S/C23H20BN3/c1-2-8-17(9-3-1)16-25-20-13-5-4-12-19(20)24-26-21-14-6-10-18-11-7-15-22(27-24)23(18)21/h1-15,25-27H,16H2. The summed E-state index contributed by atoms with van der Waals surface area (Å²) in [5.41, 5.74) is 5.96. The Morgan fingerprint density at radius 1 is 0.667 bits per heavy atom. The second-order valence-electron chi connectivity index (χ2n) is 6.86. The van der Waals surface area contributed by atoms with Crippen molar-refractivity contribution in [1.29, 1.82) is 0 Å².